The Morgan fingerprint density at radius 3 is 2.83 bits per heavy atom. The maximum atomic E-state index is 5.36. The lowest BCUT2D eigenvalue weighted by Crippen LogP contribution is -2.42. The van der Waals surface area contributed by atoms with E-state index in [-0.39, 0.29) is 0 Å². The van der Waals surface area contributed by atoms with Crippen LogP contribution in [0.5, 0.6) is 5.75 Å². The first-order valence-corrected chi connectivity index (χ1v) is 8.59. The van der Waals surface area contributed by atoms with E-state index >= 15 is 0 Å². The maximum Gasteiger partial charge on any atom is 0.186 e. The van der Waals surface area contributed by atoms with Crippen molar-refractivity contribution in [1.82, 2.24) is 15.6 Å². The summed E-state index contributed by atoms with van der Waals surface area (Å²) in [5.74, 6) is 0.873. The minimum Gasteiger partial charge on any atom is -0.496 e. The van der Waals surface area contributed by atoms with Crippen molar-refractivity contribution in [1.29, 1.82) is 0 Å². The fraction of sp³-hybridized carbons (Fsp3) is 0.529. The Morgan fingerprint density at radius 1 is 1.33 bits per heavy atom. The Hall–Kier alpha value is -1.70. The molecule has 2 N–H and O–H groups in total. The van der Waals surface area contributed by atoms with Crippen LogP contribution in [0.3, 0.4) is 0 Å². The van der Waals surface area contributed by atoms with Gasteiger partial charge in [0.15, 0.2) is 5.11 Å². The number of hydrogen-bond donors (Lipinski definition) is 2. The second kappa shape index (κ2) is 10.2. The van der Waals surface area contributed by atoms with Gasteiger partial charge >= 0.3 is 0 Å². The minimum atomic E-state index is 0.544. The van der Waals surface area contributed by atoms with E-state index in [0.717, 1.165) is 56.4 Å². The molecule has 6 nitrogen and oxygen atoms in total. The highest BCUT2D eigenvalue weighted by atomic mass is 32.1. The van der Waals surface area contributed by atoms with Crippen LogP contribution >= 0.6 is 12.2 Å². The summed E-state index contributed by atoms with van der Waals surface area (Å²) >= 11 is 5.26. The summed E-state index contributed by atoms with van der Waals surface area (Å²) < 4.78 is 10.7. The zero-order chi connectivity index (χ0) is 17.2. The molecule has 1 fully saturated rings. The zero-order valence-electron chi connectivity index (χ0n) is 14.4. The number of methoxy groups -OCH3 is 1. The third kappa shape index (κ3) is 6.43. The van der Waals surface area contributed by atoms with Gasteiger partial charge in [-0.25, -0.2) is 0 Å². The smallest absolute Gasteiger partial charge is 0.186 e. The Morgan fingerprint density at radius 2 is 2.08 bits per heavy atom. The molecule has 0 spiro atoms. The van der Waals surface area contributed by atoms with Crippen LogP contribution in [0.2, 0.25) is 0 Å². The predicted octanol–water partition coefficient (Wildman–Crippen LogP) is 1.41. The second-order valence-corrected chi connectivity index (χ2v) is 6.07. The van der Waals surface area contributed by atoms with Gasteiger partial charge in [0.25, 0.3) is 0 Å². The lowest BCUT2D eigenvalue weighted by Gasteiger charge is -2.26. The highest BCUT2D eigenvalue weighted by Crippen LogP contribution is 2.17. The van der Waals surface area contributed by atoms with Crippen LogP contribution in [0.4, 0.5) is 0 Å². The van der Waals surface area contributed by atoms with Crippen LogP contribution in [-0.2, 0) is 11.2 Å². The number of para-hydroxylation sites is 1. The van der Waals surface area contributed by atoms with Gasteiger partial charge in [-0.3, -0.25) is 10.3 Å². The third-order valence-corrected chi connectivity index (χ3v) is 4.04. The number of hydrogen-bond acceptors (Lipinski definition) is 5. The van der Waals surface area contributed by atoms with E-state index in [0.29, 0.717) is 11.5 Å². The molecule has 1 heterocycles. The molecule has 0 radical (unpaired) electrons. The van der Waals surface area contributed by atoms with Crippen molar-refractivity contribution in [3.8, 4) is 5.75 Å². The van der Waals surface area contributed by atoms with Crippen LogP contribution in [-0.4, -0.2) is 62.2 Å². The third-order valence-electron chi connectivity index (χ3n) is 3.80. The largest absolute Gasteiger partial charge is 0.496 e. The van der Waals surface area contributed by atoms with Gasteiger partial charge in [0.1, 0.15) is 5.75 Å². The topological polar surface area (TPSA) is 58.1 Å². The fourth-order valence-corrected chi connectivity index (χ4v) is 2.65. The Balaban J connectivity index is 1.70. The zero-order valence-corrected chi connectivity index (χ0v) is 15.2. The first-order valence-electron chi connectivity index (χ1n) is 8.18. The van der Waals surface area contributed by atoms with Crippen molar-refractivity contribution in [2.45, 2.75) is 13.3 Å². The summed E-state index contributed by atoms with van der Waals surface area (Å²) in [6.07, 6.45) is 0.716. The van der Waals surface area contributed by atoms with Gasteiger partial charge < -0.3 is 14.8 Å². The van der Waals surface area contributed by atoms with Gasteiger partial charge in [-0.05, 0) is 30.8 Å². The summed E-state index contributed by atoms with van der Waals surface area (Å²) in [6, 6.07) is 7.95. The number of hydrazone groups is 1. The van der Waals surface area contributed by atoms with E-state index < -0.39 is 0 Å². The maximum absolute atomic E-state index is 5.36. The normalized spacial score (nSPS) is 15.8. The number of thiocarbonyl (C=S) groups is 1. The highest BCUT2D eigenvalue weighted by Gasteiger charge is 2.09. The summed E-state index contributed by atoms with van der Waals surface area (Å²) in [5, 5.41) is 8.06. The average molecular weight is 350 g/mol. The fourth-order valence-electron chi connectivity index (χ4n) is 2.50. The van der Waals surface area contributed by atoms with Crippen LogP contribution in [0.15, 0.2) is 29.4 Å². The summed E-state index contributed by atoms with van der Waals surface area (Å²) in [6.45, 7) is 7.32. The molecule has 24 heavy (non-hydrogen) atoms. The molecule has 1 aliphatic heterocycles. The Labute approximate surface area is 149 Å². The molecular weight excluding hydrogens is 324 g/mol. The molecule has 1 aromatic rings. The van der Waals surface area contributed by atoms with Crippen molar-refractivity contribution in [2.24, 2.45) is 5.10 Å². The molecule has 0 saturated carbocycles. The van der Waals surface area contributed by atoms with Gasteiger partial charge in [0.2, 0.25) is 0 Å². The van der Waals surface area contributed by atoms with E-state index in [4.69, 9.17) is 21.7 Å². The molecule has 1 saturated heterocycles. The van der Waals surface area contributed by atoms with Crippen molar-refractivity contribution in [3.05, 3.63) is 29.8 Å². The summed E-state index contributed by atoms with van der Waals surface area (Å²) in [5.41, 5.74) is 4.95. The van der Waals surface area contributed by atoms with E-state index in [9.17, 15) is 0 Å². The highest BCUT2D eigenvalue weighted by molar-refractivity contribution is 7.80. The molecule has 0 unspecified atom stereocenters. The molecule has 0 bridgehead atoms. The summed E-state index contributed by atoms with van der Waals surface area (Å²) in [4.78, 5) is 2.36. The number of nitrogens with zero attached hydrogens (tertiary/aromatic N) is 2. The molecule has 1 aromatic carbocycles. The van der Waals surface area contributed by atoms with E-state index in [1.807, 2.05) is 31.2 Å². The number of ether oxygens (including phenoxy) is 2. The molecule has 0 aliphatic carbocycles. The number of nitrogens with one attached hydrogen (secondary N) is 2. The molecule has 2 rings (SSSR count). The first-order chi connectivity index (χ1) is 11.7. The molecule has 1 aliphatic rings. The van der Waals surface area contributed by atoms with E-state index in [1.165, 1.54) is 0 Å². The molecule has 132 valence electrons. The van der Waals surface area contributed by atoms with E-state index in [1.54, 1.807) is 7.11 Å². The average Bonchev–Trinajstić information content (AvgIpc) is 2.61. The van der Waals surface area contributed by atoms with Crippen LogP contribution < -0.4 is 15.5 Å². The molecular formula is C17H26N4O2S. The van der Waals surface area contributed by atoms with Crippen LogP contribution in [0.25, 0.3) is 0 Å². The van der Waals surface area contributed by atoms with Crippen molar-refractivity contribution >= 4 is 23.0 Å². The first kappa shape index (κ1) is 18.6. The summed E-state index contributed by atoms with van der Waals surface area (Å²) in [7, 11) is 1.68. The standard InChI is InChI=1S/C17H26N4O2S/c1-14(13-15-5-3-4-6-16(15)22-2)19-20-17(24)18-7-8-21-9-11-23-12-10-21/h3-6H,7-13H2,1-2H3,(H2,18,20,24)/b19-14-. The Kier molecular flexibility index (Phi) is 7.94. The monoisotopic (exact) mass is 350 g/mol. The number of morpholine rings is 1. The second-order valence-electron chi connectivity index (χ2n) is 5.66. The lowest BCUT2D eigenvalue weighted by atomic mass is 10.1. The predicted molar refractivity (Wildman–Crippen MR) is 101 cm³/mol. The van der Waals surface area contributed by atoms with Crippen molar-refractivity contribution < 1.29 is 9.47 Å². The van der Waals surface area contributed by atoms with Crippen molar-refractivity contribution in [2.75, 3.05) is 46.5 Å². The van der Waals surface area contributed by atoms with Gasteiger partial charge in [-0.15, -0.1) is 0 Å². The molecule has 7 heteroatoms. The quantitative estimate of drug-likeness (QED) is 0.441. The number of benzene rings is 1. The SMILES string of the molecule is COc1ccccc1C/C(C)=N\NC(=S)NCCN1CCOCC1. The van der Waals surface area contributed by atoms with Gasteiger partial charge in [0, 0.05) is 38.3 Å². The lowest BCUT2D eigenvalue weighted by molar-refractivity contribution is 0.0389. The molecule has 0 aromatic heterocycles. The van der Waals surface area contributed by atoms with Gasteiger partial charge in [0.05, 0.1) is 20.3 Å². The van der Waals surface area contributed by atoms with Gasteiger partial charge in [-0.2, -0.15) is 5.10 Å². The van der Waals surface area contributed by atoms with E-state index in [2.05, 4.69) is 20.7 Å². The van der Waals surface area contributed by atoms with Crippen molar-refractivity contribution in [3.63, 3.8) is 0 Å². The molecule has 0 amide bonds. The van der Waals surface area contributed by atoms with Crippen LogP contribution in [0.1, 0.15) is 12.5 Å². The molecule has 0 atom stereocenters. The minimum absolute atomic E-state index is 0.544. The van der Waals surface area contributed by atoms with Crippen LogP contribution in [0, 0.1) is 0 Å². The Bertz CT molecular complexity index is 559. The number of rotatable bonds is 7. The van der Waals surface area contributed by atoms with Gasteiger partial charge in [-0.1, -0.05) is 18.2 Å².